The van der Waals surface area contributed by atoms with Crippen molar-refractivity contribution in [1.29, 1.82) is 0 Å². The molecule has 0 bridgehead atoms. The van der Waals surface area contributed by atoms with Gasteiger partial charge in [0.1, 0.15) is 5.75 Å². The Morgan fingerprint density at radius 1 is 1.20 bits per heavy atom. The summed E-state index contributed by atoms with van der Waals surface area (Å²) in [6, 6.07) is 8.85. The van der Waals surface area contributed by atoms with E-state index < -0.39 is 11.3 Å². The summed E-state index contributed by atoms with van der Waals surface area (Å²) >= 11 is 2.09. The zero-order valence-corrected chi connectivity index (χ0v) is 14.9. The minimum absolute atomic E-state index is 0.0682. The van der Waals surface area contributed by atoms with Crippen molar-refractivity contribution in [3.05, 3.63) is 66.8 Å². The van der Waals surface area contributed by atoms with Crippen LogP contribution in [-0.2, 0) is 19.6 Å². The monoisotopic (exact) mass is 464 g/mol. The third kappa shape index (κ3) is 4.40. The van der Waals surface area contributed by atoms with Gasteiger partial charge in [-0.1, -0.05) is 12.1 Å². The number of alkyl halides is 3. The molecule has 132 valence electrons. The van der Waals surface area contributed by atoms with Gasteiger partial charge in [0.2, 0.25) is 0 Å². The third-order valence-corrected chi connectivity index (χ3v) is 4.78. The zero-order chi connectivity index (χ0) is 18.2. The second kappa shape index (κ2) is 6.79. The number of ether oxygens (including phenoxy) is 1. The molecule has 1 aliphatic rings. The molecular formula is C16H12F3IN2O3. The van der Waals surface area contributed by atoms with Crippen molar-refractivity contribution in [2.45, 2.75) is 26.0 Å². The number of fused-ring (bicyclic) bond motifs is 1. The van der Waals surface area contributed by atoms with Crippen LogP contribution in [-0.4, -0.2) is 16.2 Å². The maximum atomic E-state index is 12.2. The molecule has 0 amide bonds. The van der Waals surface area contributed by atoms with Crippen LogP contribution in [0.3, 0.4) is 0 Å². The smallest absolute Gasteiger partial charge is 0.406 e. The third-order valence-electron chi connectivity index (χ3n) is 3.82. The maximum absolute atomic E-state index is 12.2. The Morgan fingerprint density at radius 2 is 1.88 bits per heavy atom. The Bertz CT molecular complexity index is 810. The van der Waals surface area contributed by atoms with Crippen molar-refractivity contribution in [3.63, 3.8) is 0 Å². The molecule has 1 heterocycles. The van der Waals surface area contributed by atoms with Crippen LogP contribution in [0.15, 0.2) is 36.4 Å². The van der Waals surface area contributed by atoms with E-state index in [9.17, 15) is 23.3 Å². The number of nitrogens with zero attached hydrogens (tertiary/aromatic N) is 2. The molecule has 0 aliphatic carbocycles. The highest BCUT2D eigenvalue weighted by atomic mass is 127. The van der Waals surface area contributed by atoms with E-state index in [-0.39, 0.29) is 11.4 Å². The molecule has 0 unspecified atom stereocenters. The van der Waals surface area contributed by atoms with Crippen LogP contribution in [0.1, 0.15) is 16.7 Å². The first-order chi connectivity index (χ1) is 11.7. The lowest BCUT2D eigenvalue weighted by atomic mass is 10.1. The molecule has 5 nitrogen and oxygen atoms in total. The molecule has 1 aliphatic heterocycles. The fourth-order valence-electron chi connectivity index (χ4n) is 2.79. The van der Waals surface area contributed by atoms with E-state index in [1.807, 2.05) is 0 Å². The molecule has 0 fully saturated rings. The number of nitro benzene ring substituents is 1. The van der Waals surface area contributed by atoms with E-state index in [2.05, 4.69) is 32.2 Å². The predicted octanol–water partition coefficient (Wildman–Crippen LogP) is 4.61. The minimum Gasteiger partial charge on any atom is -0.406 e. The Labute approximate surface area is 154 Å². The van der Waals surface area contributed by atoms with Crippen molar-refractivity contribution in [2.75, 3.05) is 0 Å². The van der Waals surface area contributed by atoms with Crippen molar-refractivity contribution < 1.29 is 22.8 Å². The molecule has 0 aromatic heterocycles. The molecule has 2 aromatic rings. The topological polar surface area (TPSA) is 55.6 Å². The Hall–Kier alpha value is -1.88. The van der Waals surface area contributed by atoms with E-state index in [4.69, 9.17) is 0 Å². The van der Waals surface area contributed by atoms with Crippen LogP contribution in [0.2, 0.25) is 0 Å². The number of nitro groups is 1. The molecule has 0 radical (unpaired) electrons. The molecular weight excluding hydrogens is 452 g/mol. The summed E-state index contributed by atoms with van der Waals surface area (Å²) in [6.45, 7) is 1.74. The summed E-state index contributed by atoms with van der Waals surface area (Å²) in [5, 5.41) is 11.0. The summed E-state index contributed by atoms with van der Waals surface area (Å²) in [4.78, 5) is 12.6. The van der Waals surface area contributed by atoms with Gasteiger partial charge in [0.15, 0.2) is 0 Å². The number of hydrogen-bond donors (Lipinski definition) is 0. The normalized spacial score (nSPS) is 14.4. The maximum Gasteiger partial charge on any atom is 0.573 e. The molecule has 0 atom stereocenters. The molecule has 9 heteroatoms. The summed E-state index contributed by atoms with van der Waals surface area (Å²) in [5.41, 5.74) is 2.88. The molecule has 25 heavy (non-hydrogen) atoms. The van der Waals surface area contributed by atoms with E-state index in [1.165, 1.54) is 12.1 Å². The lowest BCUT2D eigenvalue weighted by Gasteiger charge is -2.15. The molecule has 0 saturated carbocycles. The first-order valence-corrected chi connectivity index (χ1v) is 8.32. The van der Waals surface area contributed by atoms with Crippen molar-refractivity contribution in [3.8, 4) is 5.75 Å². The second-order valence-corrected chi connectivity index (χ2v) is 6.82. The second-order valence-electron chi connectivity index (χ2n) is 5.66. The van der Waals surface area contributed by atoms with Crippen molar-refractivity contribution in [1.82, 2.24) is 4.90 Å². The van der Waals surface area contributed by atoms with Gasteiger partial charge < -0.3 is 4.74 Å². The van der Waals surface area contributed by atoms with Gasteiger partial charge in [0.25, 0.3) is 5.69 Å². The predicted molar refractivity (Wildman–Crippen MR) is 91.9 cm³/mol. The van der Waals surface area contributed by atoms with Crippen LogP contribution in [0.5, 0.6) is 5.75 Å². The quantitative estimate of drug-likeness (QED) is 0.377. The molecule has 0 N–H and O–H groups in total. The van der Waals surface area contributed by atoms with Gasteiger partial charge in [-0.3, -0.25) is 15.0 Å². The van der Waals surface area contributed by atoms with Gasteiger partial charge >= 0.3 is 6.36 Å². The molecule has 3 rings (SSSR count). The van der Waals surface area contributed by atoms with E-state index >= 15 is 0 Å². The van der Waals surface area contributed by atoms with Gasteiger partial charge in [0.05, 0.1) is 4.92 Å². The summed E-state index contributed by atoms with van der Waals surface area (Å²) in [6.07, 6.45) is -4.70. The molecule has 0 saturated heterocycles. The first-order valence-electron chi connectivity index (χ1n) is 7.24. The molecule has 0 spiro atoms. The van der Waals surface area contributed by atoms with Crippen LogP contribution >= 0.6 is 22.6 Å². The largest absolute Gasteiger partial charge is 0.573 e. The number of rotatable bonds is 4. The fourth-order valence-corrected chi connectivity index (χ4v) is 3.62. The lowest BCUT2D eigenvalue weighted by Crippen LogP contribution is -2.17. The Morgan fingerprint density at radius 3 is 2.48 bits per heavy atom. The van der Waals surface area contributed by atoms with Crippen LogP contribution in [0.4, 0.5) is 18.9 Å². The average molecular weight is 464 g/mol. The highest BCUT2D eigenvalue weighted by Crippen LogP contribution is 2.32. The number of hydrogen-bond acceptors (Lipinski definition) is 4. The lowest BCUT2D eigenvalue weighted by molar-refractivity contribution is -0.385. The molecule has 2 aromatic carbocycles. The SMILES string of the molecule is O=[N+]([O-])c1cc(I)c2c(c1)CN(Cc1ccc(OC(F)(F)F)cc1)C2. The highest BCUT2D eigenvalue weighted by Gasteiger charge is 2.31. The summed E-state index contributed by atoms with van der Waals surface area (Å²) in [7, 11) is 0. The van der Waals surface area contributed by atoms with E-state index in [0.717, 1.165) is 20.3 Å². The standard InChI is InChI=1S/C16H12F3IN2O3/c17-16(18,19)25-13-3-1-10(2-4-13)7-21-8-11-5-12(22(23)24)6-15(20)14(11)9-21/h1-6H,7-9H2. The summed E-state index contributed by atoms with van der Waals surface area (Å²) < 4.78 is 41.2. The van der Waals surface area contributed by atoms with Gasteiger partial charge in [-0.25, -0.2) is 0 Å². The van der Waals surface area contributed by atoms with Gasteiger partial charge in [0, 0.05) is 35.3 Å². The van der Waals surface area contributed by atoms with E-state index in [1.54, 1.807) is 24.3 Å². The van der Waals surface area contributed by atoms with Crippen LogP contribution in [0, 0.1) is 13.7 Å². The number of non-ortho nitro benzene ring substituents is 1. The zero-order valence-electron chi connectivity index (χ0n) is 12.7. The van der Waals surface area contributed by atoms with Gasteiger partial charge in [-0.05, 0) is 51.4 Å². The fraction of sp³-hybridized carbons (Fsp3) is 0.250. The number of benzene rings is 2. The Kier molecular flexibility index (Phi) is 4.87. The van der Waals surface area contributed by atoms with Gasteiger partial charge in [-0.2, -0.15) is 0 Å². The number of halogens is 4. The van der Waals surface area contributed by atoms with Gasteiger partial charge in [-0.15, -0.1) is 13.2 Å². The van der Waals surface area contributed by atoms with Crippen LogP contribution in [0.25, 0.3) is 0 Å². The van der Waals surface area contributed by atoms with Crippen molar-refractivity contribution >= 4 is 28.3 Å². The Balaban J connectivity index is 1.69. The van der Waals surface area contributed by atoms with E-state index in [0.29, 0.717) is 19.6 Å². The minimum atomic E-state index is -4.70. The van der Waals surface area contributed by atoms with Crippen molar-refractivity contribution in [2.24, 2.45) is 0 Å². The van der Waals surface area contributed by atoms with Crippen LogP contribution < -0.4 is 4.74 Å². The highest BCUT2D eigenvalue weighted by molar-refractivity contribution is 14.1. The first kappa shape index (κ1) is 17.9. The average Bonchev–Trinajstić information content (AvgIpc) is 2.91. The summed E-state index contributed by atoms with van der Waals surface area (Å²) in [5.74, 6) is -0.258.